The number of morpholine rings is 1. The van der Waals surface area contributed by atoms with Crippen LogP contribution in [0.15, 0.2) is 42.6 Å². The molecule has 0 atom stereocenters. The Morgan fingerprint density at radius 1 is 1.14 bits per heavy atom. The summed E-state index contributed by atoms with van der Waals surface area (Å²) in [5.74, 6) is -2.12. The lowest BCUT2D eigenvalue weighted by atomic mass is 10.1. The lowest BCUT2D eigenvalue weighted by Crippen LogP contribution is -2.36. The number of carbonyl (C=O) groups excluding carboxylic acids is 1. The van der Waals surface area contributed by atoms with E-state index >= 15 is 0 Å². The molecule has 0 unspecified atom stereocenters. The second-order valence-electron chi connectivity index (χ2n) is 7.79. The number of carbonyl (C=O) groups is 1. The van der Waals surface area contributed by atoms with E-state index in [1.54, 1.807) is 12.1 Å². The second kappa shape index (κ2) is 10.2. The Balaban J connectivity index is 1.71. The highest BCUT2D eigenvalue weighted by Gasteiger charge is 2.33. The quantitative estimate of drug-likeness (QED) is 0.332. The summed E-state index contributed by atoms with van der Waals surface area (Å²) in [7, 11) is 0. The predicted molar refractivity (Wildman–Crippen MR) is 123 cm³/mol. The number of hydrogen-bond acceptors (Lipinski definition) is 8. The largest absolute Gasteiger partial charge is 0.573 e. The maximum absolute atomic E-state index is 14.2. The molecule has 36 heavy (non-hydrogen) atoms. The Morgan fingerprint density at radius 3 is 2.58 bits per heavy atom. The Labute approximate surface area is 202 Å². The van der Waals surface area contributed by atoms with Gasteiger partial charge in [-0.05, 0) is 36.4 Å². The molecule has 1 aliphatic heterocycles. The molecule has 1 aliphatic rings. The highest BCUT2D eigenvalue weighted by Crippen LogP contribution is 2.36. The smallest absolute Gasteiger partial charge is 0.506 e. The van der Waals surface area contributed by atoms with Crippen LogP contribution in [-0.2, 0) is 9.53 Å². The average molecular weight is 507 g/mol. The summed E-state index contributed by atoms with van der Waals surface area (Å²) in [5.41, 5.74) is 0.567. The van der Waals surface area contributed by atoms with Crippen molar-refractivity contribution in [2.24, 2.45) is 0 Å². The van der Waals surface area contributed by atoms with Crippen molar-refractivity contribution in [1.82, 2.24) is 9.97 Å². The van der Waals surface area contributed by atoms with Crippen LogP contribution < -0.4 is 20.3 Å². The summed E-state index contributed by atoms with van der Waals surface area (Å²) in [6.45, 7) is 3.34. The number of nitrogens with one attached hydrogen (secondary N) is 2. The lowest BCUT2D eigenvalue weighted by Gasteiger charge is -2.29. The Bertz CT molecular complexity index is 1270. The highest BCUT2D eigenvalue weighted by molar-refractivity contribution is 5.89. The molecule has 2 aromatic carbocycles. The number of ether oxygens (including phenoxy) is 2. The highest BCUT2D eigenvalue weighted by atomic mass is 19.4. The van der Waals surface area contributed by atoms with Gasteiger partial charge in [0.15, 0.2) is 5.75 Å². The molecule has 0 bridgehead atoms. The molecule has 0 saturated carbocycles. The number of aromatic hydroxyl groups is 1. The molecule has 1 amide bonds. The van der Waals surface area contributed by atoms with Crippen LogP contribution in [0.5, 0.6) is 11.5 Å². The van der Waals surface area contributed by atoms with Gasteiger partial charge in [0.2, 0.25) is 11.9 Å². The molecule has 2 heterocycles. The number of amides is 1. The molecule has 1 fully saturated rings. The number of phenolic OH excluding ortho intramolecular Hbond substituents is 1. The fourth-order valence-electron chi connectivity index (χ4n) is 3.63. The maximum atomic E-state index is 14.2. The van der Waals surface area contributed by atoms with Gasteiger partial charge in [0.25, 0.3) is 0 Å². The SMILES string of the molecule is CC(=O)Nc1cc(F)cc(-c2nc(Nc3ccc(O)c(N4CCOCC4)c3)ncc2OC(F)(F)F)c1. The van der Waals surface area contributed by atoms with Gasteiger partial charge in [0.05, 0.1) is 25.1 Å². The summed E-state index contributed by atoms with van der Waals surface area (Å²) < 4.78 is 62.6. The number of hydrogen-bond donors (Lipinski definition) is 3. The van der Waals surface area contributed by atoms with E-state index < -0.39 is 23.8 Å². The molecule has 0 radical (unpaired) electrons. The third-order valence-corrected chi connectivity index (χ3v) is 5.06. The first-order valence-electron chi connectivity index (χ1n) is 10.7. The van der Waals surface area contributed by atoms with Gasteiger partial charge in [-0.1, -0.05) is 0 Å². The standard InChI is InChI=1S/C23H21F4N5O4/c1-13(33)29-17-9-14(8-15(24)10-17)21-20(36-23(25,26)27)12-28-22(31-21)30-16-2-3-19(34)18(11-16)32-4-6-35-7-5-32/h2-3,8-12,34H,4-7H2,1H3,(H,29,33)(H,28,30,31). The van der Waals surface area contributed by atoms with Crippen molar-refractivity contribution in [3.63, 3.8) is 0 Å². The van der Waals surface area contributed by atoms with Gasteiger partial charge in [-0.3, -0.25) is 4.79 Å². The molecule has 13 heteroatoms. The zero-order valence-corrected chi connectivity index (χ0v) is 18.9. The third-order valence-electron chi connectivity index (χ3n) is 5.06. The van der Waals surface area contributed by atoms with Crippen LogP contribution in [0.1, 0.15) is 6.92 Å². The zero-order valence-electron chi connectivity index (χ0n) is 18.9. The summed E-state index contributed by atoms with van der Waals surface area (Å²) >= 11 is 0. The lowest BCUT2D eigenvalue weighted by molar-refractivity contribution is -0.274. The fraction of sp³-hybridized carbons (Fsp3) is 0.261. The molecule has 0 spiro atoms. The Kier molecular flexibility index (Phi) is 7.10. The van der Waals surface area contributed by atoms with Gasteiger partial charge < -0.3 is 30.1 Å². The minimum absolute atomic E-state index is 0.0252. The monoisotopic (exact) mass is 507 g/mol. The molecule has 4 rings (SSSR count). The molecular formula is C23H21F4N5O4. The van der Waals surface area contributed by atoms with Crippen molar-refractivity contribution in [1.29, 1.82) is 0 Å². The maximum Gasteiger partial charge on any atom is 0.573 e. The van der Waals surface area contributed by atoms with E-state index in [2.05, 4.69) is 25.3 Å². The number of aromatic nitrogens is 2. The van der Waals surface area contributed by atoms with Crippen LogP contribution in [0, 0.1) is 5.82 Å². The van der Waals surface area contributed by atoms with Crippen molar-refractivity contribution in [3.05, 3.63) is 48.4 Å². The van der Waals surface area contributed by atoms with Gasteiger partial charge in [-0.2, -0.15) is 0 Å². The molecule has 3 aromatic rings. The predicted octanol–water partition coefficient (Wildman–Crippen LogP) is 4.43. The van der Waals surface area contributed by atoms with Crippen molar-refractivity contribution >= 4 is 28.9 Å². The normalized spacial score (nSPS) is 13.9. The van der Waals surface area contributed by atoms with Gasteiger partial charge in [-0.15, -0.1) is 13.2 Å². The average Bonchev–Trinajstić information content (AvgIpc) is 2.80. The van der Waals surface area contributed by atoms with Gasteiger partial charge in [0, 0.05) is 37.0 Å². The summed E-state index contributed by atoms with van der Waals surface area (Å²) in [5, 5.41) is 15.5. The molecule has 190 valence electrons. The van der Waals surface area contributed by atoms with E-state index in [0.717, 1.165) is 18.3 Å². The van der Waals surface area contributed by atoms with Crippen LogP contribution in [0.3, 0.4) is 0 Å². The third kappa shape index (κ3) is 6.30. The van der Waals surface area contributed by atoms with Crippen LogP contribution in [-0.4, -0.2) is 53.6 Å². The van der Waals surface area contributed by atoms with Crippen LogP contribution in [0.25, 0.3) is 11.3 Å². The van der Waals surface area contributed by atoms with Crippen molar-refractivity contribution in [3.8, 4) is 22.8 Å². The van der Waals surface area contributed by atoms with Gasteiger partial charge in [-0.25, -0.2) is 14.4 Å². The van der Waals surface area contributed by atoms with Crippen molar-refractivity contribution in [2.75, 3.05) is 41.8 Å². The van der Waals surface area contributed by atoms with Crippen LogP contribution >= 0.6 is 0 Å². The number of benzene rings is 2. The van der Waals surface area contributed by atoms with E-state index in [1.165, 1.54) is 19.1 Å². The molecule has 0 aliphatic carbocycles. The van der Waals surface area contributed by atoms with E-state index in [1.807, 2.05) is 4.90 Å². The van der Waals surface area contributed by atoms with E-state index in [4.69, 9.17) is 4.74 Å². The van der Waals surface area contributed by atoms with Crippen molar-refractivity contribution in [2.45, 2.75) is 13.3 Å². The molecule has 1 aromatic heterocycles. The first-order chi connectivity index (χ1) is 17.1. The molecule has 3 N–H and O–H groups in total. The minimum atomic E-state index is -5.05. The Hall–Kier alpha value is -4.13. The van der Waals surface area contributed by atoms with E-state index in [9.17, 15) is 27.5 Å². The fourth-order valence-corrected chi connectivity index (χ4v) is 3.63. The second-order valence-corrected chi connectivity index (χ2v) is 7.79. The topological polar surface area (TPSA) is 109 Å². The van der Waals surface area contributed by atoms with E-state index in [0.29, 0.717) is 37.7 Å². The molecule has 9 nitrogen and oxygen atoms in total. The molecule has 1 saturated heterocycles. The number of alkyl halides is 3. The first kappa shape index (κ1) is 25.0. The molecular weight excluding hydrogens is 486 g/mol. The number of phenols is 1. The number of halogens is 4. The summed E-state index contributed by atoms with van der Waals surface area (Å²) in [4.78, 5) is 21.3. The first-order valence-corrected chi connectivity index (χ1v) is 10.7. The number of nitrogens with zero attached hydrogens (tertiary/aromatic N) is 3. The summed E-state index contributed by atoms with van der Waals surface area (Å²) in [6.07, 6.45) is -4.24. The van der Waals surface area contributed by atoms with Crippen LogP contribution in [0.4, 0.5) is 40.6 Å². The van der Waals surface area contributed by atoms with Gasteiger partial charge in [0.1, 0.15) is 17.3 Å². The van der Waals surface area contributed by atoms with Gasteiger partial charge >= 0.3 is 6.36 Å². The van der Waals surface area contributed by atoms with E-state index in [-0.39, 0.29) is 28.6 Å². The number of rotatable bonds is 6. The number of anilines is 4. The van der Waals surface area contributed by atoms with Crippen LogP contribution in [0.2, 0.25) is 0 Å². The zero-order chi connectivity index (χ0) is 25.9. The minimum Gasteiger partial charge on any atom is -0.506 e. The van der Waals surface area contributed by atoms with Crippen molar-refractivity contribution < 1.29 is 36.9 Å². The summed E-state index contributed by atoms with van der Waals surface area (Å²) in [6, 6.07) is 7.87. The Morgan fingerprint density at radius 2 is 1.89 bits per heavy atom.